The van der Waals surface area contributed by atoms with Crippen molar-refractivity contribution in [1.82, 2.24) is 4.98 Å². The van der Waals surface area contributed by atoms with Crippen LogP contribution in [-0.4, -0.2) is 25.8 Å². The molecular weight excluding hydrogens is 512 g/mol. The Morgan fingerprint density at radius 1 is 1.03 bits per heavy atom. The van der Waals surface area contributed by atoms with Crippen LogP contribution in [0.15, 0.2) is 53.4 Å². The topological polar surface area (TPSA) is 109 Å². The maximum absolute atomic E-state index is 12.4. The second-order valence-electron chi connectivity index (χ2n) is 11.6. The van der Waals surface area contributed by atoms with Gasteiger partial charge in [0, 0.05) is 34.2 Å². The van der Waals surface area contributed by atoms with Crippen molar-refractivity contribution in [2.45, 2.75) is 72.5 Å². The Bertz CT molecular complexity index is 1440. The molecule has 3 aromatic rings. The number of carbonyl (C=O) groups is 1. The monoisotopic (exact) mass is 552 g/mol. The number of aromatic nitrogens is 1. The van der Waals surface area contributed by atoms with Gasteiger partial charge in [-0.25, -0.2) is 13.2 Å². The minimum absolute atomic E-state index is 0.0664. The molecule has 1 aromatic heterocycles. The van der Waals surface area contributed by atoms with E-state index < -0.39 is 27.4 Å². The van der Waals surface area contributed by atoms with E-state index in [2.05, 4.69) is 13.8 Å². The number of pyridine rings is 1. The third-order valence-electron chi connectivity index (χ3n) is 6.47. The van der Waals surface area contributed by atoms with Crippen LogP contribution in [0.1, 0.15) is 68.8 Å². The average molecular weight is 553 g/mol. The second-order valence-corrected chi connectivity index (χ2v) is 13.5. The largest absolute Gasteiger partial charge is 0.487 e. The summed E-state index contributed by atoms with van der Waals surface area (Å²) in [5.74, 6) is 0.558. The first-order valence-corrected chi connectivity index (χ1v) is 15.0. The molecule has 2 aromatic carbocycles. The van der Waals surface area contributed by atoms with Gasteiger partial charge in [-0.15, -0.1) is 0 Å². The van der Waals surface area contributed by atoms with E-state index in [-0.39, 0.29) is 17.3 Å². The van der Waals surface area contributed by atoms with Crippen LogP contribution in [0, 0.1) is 25.2 Å². The molecule has 0 radical (unpaired) electrons. The summed E-state index contributed by atoms with van der Waals surface area (Å²) < 4.78 is 36.8. The minimum atomic E-state index is -3.50. The van der Waals surface area contributed by atoms with E-state index in [1.54, 1.807) is 18.2 Å². The van der Waals surface area contributed by atoms with E-state index in [1.165, 1.54) is 6.07 Å². The Hall–Kier alpha value is -3.39. The SMILES string of the molecule is Cc1ccc(-c2c(COc3ccccc3S(C)(=O)=O)c(C)nc(CC(C)C)c2C(OC(N)=O)C(C)(C)C)cc1. The van der Waals surface area contributed by atoms with Gasteiger partial charge in [-0.05, 0) is 49.4 Å². The molecule has 0 fully saturated rings. The average Bonchev–Trinajstić information content (AvgIpc) is 2.81. The van der Waals surface area contributed by atoms with Crippen LogP contribution in [-0.2, 0) is 27.6 Å². The highest BCUT2D eigenvalue weighted by molar-refractivity contribution is 7.90. The zero-order valence-electron chi connectivity index (χ0n) is 24.2. The van der Waals surface area contributed by atoms with Gasteiger partial charge in [0.05, 0.1) is 0 Å². The van der Waals surface area contributed by atoms with Gasteiger partial charge in [0.15, 0.2) is 9.84 Å². The number of benzene rings is 2. The van der Waals surface area contributed by atoms with Crippen LogP contribution in [0.4, 0.5) is 4.79 Å². The molecule has 3 rings (SSSR count). The summed E-state index contributed by atoms with van der Waals surface area (Å²) in [5, 5.41) is 0. The Labute approximate surface area is 232 Å². The number of amides is 1. The van der Waals surface area contributed by atoms with Gasteiger partial charge in [0.1, 0.15) is 23.4 Å². The molecule has 8 heteroatoms. The number of sulfone groups is 1. The van der Waals surface area contributed by atoms with E-state index in [9.17, 15) is 13.2 Å². The number of carbonyl (C=O) groups excluding carboxylic acids is 1. The number of nitrogens with zero attached hydrogens (tertiary/aromatic N) is 1. The molecule has 1 atom stereocenters. The smallest absolute Gasteiger partial charge is 0.405 e. The van der Waals surface area contributed by atoms with Crippen molar-refractivity contribution in [1.29, 1.82) is 0 Å². The van der Waals surface area contributed by atoms with Crippen molar-refractivity contribution in [2.24, 2.45) is 17.1 Å². The van der Waals surface area contributed by atoms with Crippen molar-refractivity contribution in [3.63, 3.8) is 0 Å². The predicted molar refractivity (Wildman–Crippen MR) is 154 cm³/mol. The van der Waals surface area contributed by atoms with Crippen LogP contribution in [0.2, 0.25) is 0 Å². The van der Waals surface area contributed by atoms with Gasteiger partial charge in [0.25, 0.3) is 0 Å². The molecule has 7 nitrogen and oxygen atoms in total. The number of hydrogen-bond acceptors (Lipinski definition) is 6. The van der Waals surface area contributed by atoms with E-state index in [1.807, 2.05) is 58.9 Å². The molecule has 0 aliphatic heterocycles. The maximum Gasteiger partial charge on any atom is 0.405 e. The first-order valence-electron chi connectivity index (χ1n) is 13.1. The number of para-hydroxylation sites is 1. The van der Waals surface area contributed by atoms with Crippen LogP contribution < -0.4 is 10.5 Å². The third-order valence-corrected chi connectivity index (χ3v) is 7.60. The lowest BCUT2D eigenvalue weighted by Gasteiger charge is -2.34. The Kier molecular flexibility index (Phi) is 9.11. The molecule has 0 spiro atoms. The standard InChI is InChI=1S/C31H40N2O5S/c1-19(2)17-24-28(29(31(5,6)7)38-30(32)34)27(22-15-13-20(3)14-16-22)23(21(4)33-24)18-37-25-11-9-10-12-26(25)39(8,35)36/h9-16,19,29H,17-18H2,1-8H3,(H2,32,34). The first-order chi connectivity index (χ1) is 18.1. The van der Waals surface area contributed by atoms with E-state index in [0.29, 0.717) is 12.3 Å². The van der Waals surface area contributed by atoms with Crippen molar-refractivity contribution in [2.75, 3.05) is 6.26 Å². The normalized spacial score (nSPS) is 12.8. The lowest BCUT2D eigenvalue weighted by Crippen LogP contribution is -2.29. The molecule has 39 heavy (non-hydrogen) atoms. The van der Waals surface area contributed by atoms with Gasteiger partial charge in [-0.1, -0.05) is 76.6 Å². The molecule has 1 heterocycles. The lowest BCUT2D eigenvalue weighted by atomic mass is 9.78. The fourth-order valence-corrected chi connectivity index (χ4v) is 5.50. The first kappa shape index (κ1) is 30.2. The van der Waals surface area contributed by atoms with Crippen molar-refractivity contribution in [3.05, 3.63) is 76.6 Å². The number of primary amides is 1. The molecule has 210 valence electrons. The molecule has 0 aliphatic carbocycles. The third kappa shape index (κ3) is 7.38. The van der Waals surface area contributed by atoms with E-state index in [4.69, 9.17) is 20.2 Å². The van der Waals surface area contributed by atoms with Crippen LogP contribution in [0.5, 0.6) is 5.75 Å². The van der Waals surface area contributed by atoms with Crippen molar-refractivity contribution >= 4 is 15.9 Å². The highest BCUT2D eigenvalue weighted by Crippen LogP contribution is 2.45. The number of aryl methyl sites for hydroxylation is 2. The van der Waals surface area contributed by atoms with Crippen LogP contribution in [0.25, 0.3) is 11.1 Å². The molecule has 0 bridgehead atoms. The number of nitrogens with two attached hydrogens (primary N) is 1. The zero-order chi connectivity index (χ0) is 29.1. The molecule has 0 saturated carbocycles. The summed E-state index contributed by atoms with van der Waals surface area (Å²) in [7, 11) is -3.50. The predicted octanol–water partition coefficient (Wildman–Crippen LogP) is 6.73. The highest BCUT2D eigenvalue weighted by Gasteiger charge is 2.36. The molecular formula is C31H40N2O5S. The highest BCUT2D eigenvalue weighted by atomic mass is 32.2. The fraction of sp³-hybridized carbons (Fsp3) is 0.419. The number of hydrogen-bond donors (Lipinski definition) is 1. The maximum atomic E-state index is 12.4. The minimum Gasteiger partial charge on any atom is -0.487 e. The molecule has 1 amide bonds. The Morgan fingerprint density at radius 3 is 2.18 bits per heavy atom. The summed E-state index contributed by atoms with van der Waals surface area (Å²) in [6.45, 7) is 14.2. The number of ether oxygens (including phenoxy) is 2. The Morgan fingerprint density at radius 2 is 1.64 bits per heavy atom. The molecule has 2 N–H and O–H groups in total. The van der Waals surface area contributed by atoms with Gasteiger partial charge >= 0.3 is 6.09 Å². The van der Waals surface area contributed by atoms with Gasteiger partial charge in [-0.3, -0.25) is 4.98 Å². The van der Waals surface area contributed by atoms with E-state index in [0.717, 1.165) is 45.5 Å². The van der Waals surface area contributed by atoms with Crippen molar-refractivity contribution in [3.8, 4) is 16.9 Å². The van der Waals surface area contributed by atoms with Crippen LogP contribution >= 0.6 is 0 Å². The summed E-state index contributed by atoms with van der Waals surface area (Å²) >= 11 is 0. The molecule has 0 aliphatic rings. The van der Waals surface area contributed by atoms with Crippen LogP contribution in [0.3, 0.4) is 0 Å². The summed E-state index contributed by atoms with van der Waals surface area (Å²) in [5.41, 5.74) is 11.1. The van der Waals surface area contributed by atoms with Crippen molar-refractivity contribution < 1.29 is 22.7 Å². The van der Waals surface area contributed by atoms with Gasteiger partial charge < -0.3 is 15.2 Å². The molecule has 0 saturated heterocycles. The second kappa shape index (κ2) is 11.8. The quantitative estimate of drug-likeness (QED) is 0.315. The number of rotatable bonds is 9. The fourth-order valence-electron chi connectivity index (χ4n) is 4.68. The van der Waals surface area contributed by atoms with Gasteiger partial charge in [-0.2, -0.15) is 0 Å². The molecule has 1 unspecified atom stereocenters. The van der Waals surface area contributed by atoms with E-state index >= 15 is 0 Å². The zero-order valence-corrected chi connectivity index (χ0v) is 25.0. The lowest BCUT2D eigenvalue weighted by molar-refractivity contribution is 0.0353. The summed E-state index contributed by atoms with van der Waals surface area (Å²) in [6.07, 6.45) is 0.283. The summed E-state index contributed by atoms with van der Waals surface area (Å²) in [6, 6.07) is 14.7. The Balaban J connectivity index is 2.35. The summed E-state index contributed by atoms with van der Waals surface area (Å²) in [4.78, 5) is 17.3. The van der Waals surface area contributed by atoms with Gasteiger partial charge in [0.2, 0.25) is 0 Å².